The molecule has 0 amide bonds. The van der Waals surface area contributed by atoms with Gasteiger partial charge < -0.3 is 12.4 Å². The molecule has 0 aliphatic heterocycles. The molecule has 0 spiro atoms. The van der Waals surface area contributed by atoms with Gasteiger partial charge >= 0.3 is 0 Å². The lowest BCUT2D eigenvalue weighted by molar-refractivity contribution is -0.697. The lowest BCUT2D eigenvalue weighted by Gasteiger charge is -2.02. The molecule has 1 nitrogen and oxygen atoms in total. The highest BCUT2D eigenvalue weighted by Gasteiger charge is 2.01. The zero-order chi connectivity index (χ0) is 14.8. The van der Waals surface area contributed by atoms with Crippen molar-refractivity contribution in [1.29, 1.82) is 0 Å². The first-order chi connectivity index (χ1) is 10.4. The molecule has 1 aromatic carbocycles. The fourth-order valence-corrected chi connectivity index (χ4v) is 2.67. The normalized spacial score (nSPS) is 10.2. The molecular formula is C20H28ClN. The van der Waals surface area contributed by atoms with E-state index in [1.165, 1.54) is 56.1 Å². The summed E-state index contributed by atoms with van der Waals surface area (Å²) in [5, 5.41) is 0. The quantitative estimate of drug-likeness (QED) is 0.490. The number of hydrogen-bond acceptors (Lipinski definition) is 0. The Morgan fingerprint density at radius 1 is 0.727 bits per heavy atom. The van der Waals surface area contributed by atoms with Crippen LogP contribution in [0.1, 0.15) is 50.2 Å². The average molecular weight is 318 g/mol. The molecule has 0 atom stereocenters. The number of nitrogens with zero attached hydrogens (tertiary/aromatic N) is 1. The number of benzene rings is 1. The first-order valence-electron chi connectivity index (χ1n) is 8.40. The number of aromatic nitrogens is 1. The molecule has 22 heavy (non-hydrogen) atoms. The van der Waals surface area contributed by atoms with E-state index in [0.717, 1.165) is 6.54 Å². The topological polar surface area (TPSA) is 3.88 Å². The molecule has 0 aliphatic rings. The van der Waals surface area contributed by atoms with Crippen molar-refractivity contribution in [1.82, 2.24) is 0 Å². The van der Waals surface area contributed by atoms with E-state index in [1.54, 1.807) is 0 Å². The third-order valence-corrected chi connectivity index (χ3v) is 4.00. The highest BCUT2D eigenvalue weighted by Crippen LogP contribution is 2.07. The maximum absolute atomic E-state index is 2.32. The van der Waals surface area contributed by atoms with E-state index in [0.29, 0.717) is 0 Å². The molecule has 0 N–H and O–H groups in total. The molecule has 1 heterocycles. The van der Waals surface area contributed by atoms with Crippen molar-refractivity contribution in [2.75, 3.05) is 0 Å². The predicted octanol–water partition coefficient (Wildman–Crippen LogP) is 1.73. The third kappa shape index (κ3) is 7.09. The van der Waals surface area contributed by atoms with Gasteiger partial charge in [0, 0.05) is 18.6 Å². The highest BCUT2D eigenvalue weighted by molar-refractivity contribution is 5.15. The van der Waals surface area contributed by atoms with E-state index in [-0.39, 0.29) is 12.4 Å². The molecule has 0 bridgehead atoms. The van der Waals surface area contributed by atoms with Gasteiger partial charge in [-0.2, -0.15) is 0 Å². The summed E-state index contributed by atoms with van der Waals surface area (Å²) < 4.78 is 2.32. The summed E-state index contributed by atoms with van der Waals surface area (Å²) >= 11 is 0. The first-order valence-corrected chi connectivity index (χ1v) is 8.40. The van der Waals surface area contributed by atoms with Crippen LogP contribution in [0.4, 0.5) is 0 Å². The minimum Gasteiger partial charge on any atom is -1.00 e. The highest BCUT2D eigenvalue weighted by atomic mass is 35.5. The minimum atomic E-state index is 0. The van der Waals surface area contributed by atoms with Gasteiger partial charge in [-0.05, 0) is 36.8 Å². The molecule has 0 unspecified atom stereocenters. The SMILES string of the molecule is CCCCCC[n+]1ccc(CCCc2ccccc2)cc1.[Cl-]. The molecule has 0 fully saturated rings. The second-order valence-electron chi connectivity index (χ2n) is 5.84. The second-order valence-corrected chi connectivity index (χ2v) is 5.84. The maximum atomic E-state index is 2.32. The minimum absolute atomic E-state index is 0. The fourth-order valence-electron chi connectivity index (χ4n) is 2.67. The van der Waals surface area contributed by atoms with Crippen LogP contribution in [0.5, 0.6) is 0 Å². The Morgan fingerprint density at radius 3 is 2.00 bits per heavy atom. The molecule has 0 radical (unpaired) electrons. The van der Waals surface area contributed by atoms with Crippen LogP contribution >= 0.6 is 0 Å². The standard InChI is InChI=1S/C20H28N.ClH/c1-2-3-4-8-16-21-17-14-20(15-18-21)13-9-12-19-10-6-5-7-11-19;/h5-7,10-11,14-15,17-18H,2-4,8-9,12-13,16H2,1H3;1H/q+1;/p-1. The summed E-state index contributed by atoms with van der Waals surface area (Å²) in [5.74, 6) is 0. The molecular weight excluding hydrogens is 290 g/mol. The van der Waals surface area contributed by atoms with Crippen LogP contribution in [0.2, 0.25) is 0 Å². The monoisotopic (exact) mass is 317 g/mol. The van der Waals surface area contributed by atoms with Crippen molar-refractivity contribution in [3.05, 3.63) is 66.0 Å². The van der Waals surface area contributed by atoms with Gasteiger partial charge in [-0.1, -0.05) is 50.1 Å². The Labute approximate surface area is 141 Å². The van der Waals surface area contributed by atoms with Crippen LogP contribution in [0.25, 0.3) is 0 Å². The molecule has 2 rings (SSSR count). The molecule has 0 aliphatic carbocycles. The van der Waals surface area contributed by atoms with Crippen LogP contribution < -0.4 is 17.0 Å². The predicted molar refractivity (Wildman–Crippen MR) is 89.2 cm³/mol. The number of halogens is 1. The largest absolute Gasteiger partial charge is 1.00 e. The van der Waals surface area contributed by atoms with Crippen LogP contribution in [-0.2, 0) is 19.4 Å². The van der Waals surface area contributed by atoms with Crippen molar-refractivity contribution in [3.63, 3.8) is 0 Å². The number of aryl methyl sites for hydroxylation is 3. The molecule has 0 saturated carbocycles. The fraction of sp³-hybridized carbons (Fsp3) is 0.450. The van der Waals surface area contributed by atoms with Crippen LogP contribution in [0.15, 0.2) is 54.9 Å². The van der Waals surface area contributed by atoms with E-state index >= 15 is 0 Å². The Balaban J connectivity index is 0.00000242. The zero-order valence-electron chi connectivity index (χ0n) is 13.7. The zero-order valence-corrected chi connectivity index (χ0v) is 14.4. The van der Waals surface area contributed by atoms with Gasteiger partial charge in [0.25, 0.3) is 0 Å². The Morgan fingerprint density at radius 2 is 1.36 bits per heavy atom. The summed E-state index contributed by atoms with van der Waals surface area (Å²) in [6, 6.07) is 15.3. The van der Waals surface area contributed by atoms with Crippen LogP contribution in [0, 0.1) is 0 Å². The number of unbranched alkanes of at least 4 members (excludes halogenated alkanes) is 3. The number of hydrogen-bond donors (Lipinski definition) is 0. The van der Waals surface area contributed by atoms with Crippen molar-refractivity contribution in [3.8, 4) is 0 Å². The van der Waals surface area contributed by atoms with Gasteiger partial charge in [-0.15, -0.1) is 0 Å². The van der Waals surface area contributed by atoms with Gasteiger partial charge in [-0.25, -0.2) is 4.57 Å². The van der Waals surface area contributed by atoms with Gasteiger partial charge in [0.2, 0.25) is 0 Å². The van der Waals surface area contributed by atoms with E-state index in [4.69, 9.17) is 0 Å². The van der Waals surface area contributed by atoms with Crippen molar-refractivity contribution in [2.45, 2.75) is 58.4 Å². The summed E-state index contributed by atoms with van der Waals surface area (Å²) in [5.41, 5.74) is 2.90. The second kappa shape index (κ2) is 11.3. The van der Waals surface area contributed by atoms with Crippen LogP contribution in [-0.4, -0.2) is 0 Å². The lowest BCUT2D eigenvalue weighted by Crippen LogP contribution is -3.00. The summed E-state index contributed by atoms with van der Waals surface area (Å²) in [7, 11) is 0. The number of rotatable bonds is 9. The van der Waals surface area contributed by atoms with Gasteiger partial charge in [0.15, 0.2) is 12.4 Å². The van der Waals surface area contributed by atoms with E-state index in [1.807, 2.05) is 0 Å². The summed E-state index contributed by atoms with van der Waals surface area (Å²) in [6.45, 7) is 3.42. The summed E-state index contributed by atoms with van der Waals surface area (Å²) in [4.78, 5) is 0. The Kier molecular flexibility index (Phi) is 9.57. The number of pyridine rings is 1. The average Bonchev–Trinajstić information content (AvgIpc) is 2.54. The van der Waals surface area contributed by atoms with Gasteiger partial charge in [0.1, 0.15) is 6.54 Å². The maximum Gasteiger partial charge on any atom is 0.169 e. The van der Waals surface area contributed by atoms with Crippen molar-refractivity contribution in [2.24, 2.45) is 0 Å². The molecule has 1 aromatic heterocycles. The molecule has 0 saturated heterocycles. The Hall–Kier alpha value is -1.34. The van der Waals surface area contributed by atoms with E-state index < -0.39 is 0 Å². The Bertz CT molecular complexity index is 493. The first kappa shape index (κ1) is 18.7. The summed E-state index contributed by atoms with van der Waals surface area (Å²) in [6.07, 6.45) is 13.4. The van der Waals surface area contributed by atoms with Gasteiger partial charge in [-0.3, -0.25) is 0 Å². The van der Waals surface area contributed by atoms with Crippen molar-refractivity contribution < 1.29 is 17.0 Å². The van der Waals surface area contributed by atoms with E-state index in [9.17, 15) is 0 Å². The lowest BCUT2D eigenvalue weighted by atomic mass is 10.1. The van der Waals surface area contributed by atoms with E-state index in [2.05, 4.69) is 66.3 Å². The smallest absolute Gasteiger partial charge is 0.169 e. The van der Waals surface area contributed by atoms with Crippen LogP contribution in [0.3, 0.4) is 0 Å². The molecule has 120 valence electrons. The third-order valence-electron chi connectivity index (χ3n) is 4.00. The van der Waals surface area contributed by atoms with Gasteiger partial charge in [0.05, 0.1) is 0 Å². The molecule has 2 aromatic rings. The van der Waals surface area contributed by atoms with Crippen molar-refractivity contribution >= 4 is 0 Å². The molecule has 2 heteroatoms.